The maximum atomic E-state index is 12.6. The largest absolute Gasteiger partial charge is 0.347 e. The van der Waals surface area contributed by atoms with Gasteiger partial charge >= 0.3 is 0 Å². The number of amides is 2. The van der Waals surface area contributed by atoms with Crippen LogP contribution in [0.3, 0.4) is 0 Å². The van der Waals surface area contributed by atoms with Gasteiger partial charge in [0.05, 0.1) is 0 Å². The highest BCUT2D eigenvalue weighted by Gasteiger charge is 2.41. The molecule has 0 saturated carbocycles. The van der Waals surface area contributed by atoms with E-state index in [0.717, 1.165) is 5.56 Å². The number of benzene rings is 1. The zero-order chi connectivity index (χ0) is 19.4. The number of aromatic nitrogens is 1. The van der Waals surface area contributed by atoms with Crippen molar-refractivity contribution in [2.45, 2.75) is 25.0 Å². The molecule has 0 unspecified atom stereocenters. The Morgan fingerprint density at radius 1 is 1.11 bits per heavy atom. The summed E-state index contributed by atoms with van der Waals surface area (Å²) in [7, 11) is 0. The lowest BCUT2D eigenvalue weighted by atomic mass is 9.90. The molecule has 0 atom stereocenters. The Bertz CT molecular complexity index is 875. The third kappa shape index (κ3) is 3.89. The molecule has 144 valence electrons. The van der Waals surface area contributed by atoms with Crippen LogP contribution < -0.4 is 10.8 Å². The molecule has 3 heterocycles. The summed E-state index contributed by atoms with van der Waals surface area (Å²) in [6.07, 6.45) is 6.34. The topological polar surface area (TPSA) is 83.6 Å². The molecule has 0 radical (unpaired) electrons. The molecule has 2 aromatic rings. The van der Waals surface area contributed by atoms with Gasteiger partial charge in [-0.05, 0) is 23.8 Å². The van der Waals surface area contributed by atoms with Crippen LogP contribution in [-0.2, 0) is 16.2 Å². The number of hydroxylamine groups is 1. The van der Waals surface area contributed by atoms with Gasteiger partial charge < -0.3 is 10.2 Å². The van der Waals surface area contributed by atoms with Gasteiger partial charge in [-0.3, -0.25) is 24.9 Å². The number of nitrogens with zero attached hydrogens (tertiary/aromatic N) is 2. The zero-order valence-corrected chi connectivity index (χ0v) is 15.4. The summed E-state index contributed by atoms with van der Waals surface area (Å²) in [4.78, 5) is 36.5. The van der Waals surface area contributed by atoms with E-state index in [-0.39, 0.29) is 11.8 Å². The summed E-state index contributed by atoms with van der Waals surface area (Å²) < 4.78 is 0. The molecule has 2 amide bonds. The van der Waals surface area contributed by atoms with Crippen molar-refractivity contribution in [3.8, 4) is 0 Å². The predicted molar refractivity (Wildman–Crippen MR) is 103 cm³/mol. The molecule has 2 N–H and O–H groups in total. The Morgan fingerprint density at radius 2 is 1.82 bits per heavy atom. The Kier molecular flexibility index (Phi) is 5.08. The molecule has 2 aliphatic rings. The van der Waals surface area contributed by atoms with E-state index in [2.05, 4.69) is 15.8 Å². The lowest BCUT2D eigenvalue weighted by Crippen LogP contribution is -2.46. The maximum Gasteiger partial charge on any atom is 0.269 e. The molecule has 1 spiro atoms. The summed E-state index contributed by atoms with van der Waals surface area (Å²) in [6.45, 7) is 1.59. The van der Waals surface area contributed by atoms with Crippen molar-refractivity contribution in [3.63, 3.8) is 0 Å². The first-order valence-electron chi connectivity index (χ1n) is 9.34. The molecule has 1 saturated heterocycles. The molecular formula is C21H22N4O3. The molecule has 1 aromatic heterocycles. The maximum absolute atomic E-state index is 12.6. The van der Waals surface area contributed by atoms with Crippen molar-refractivity contribution in [1.29, 1.82) is 0 Å². The first-order valence-corrected chi connectivity index (χ1v) is 9.34. The number of nitrogens with one attached hydrogen (secondary N) is 2. The first kappa shape index (κ1) is 18.2. The van der Waals surface area contributed by atoms with E-state index in [1.54, 1.807) is 24.5 Å². The molecule has 0 bridgehead atoms. The Morgan fingerprint density at radius 3 is 2.54 bits per heavy atom. The molecule has 1 aromatic carbocycles. The number of piperidine rings is 1. The monoisotopic (exact) mass is 378 g/mol. The quantitative estimate of drug-likeness (QED) is 0.848. The molecule has 4 rings (SSSR count). The number of carbonyl (C=O) groups is 2. The van der Waals surface area contributed by atoms with Gasteiger partial charge in [-0.1, -0.05) is 30.3 Å². The smallest absolute Gasteiger partial charge is 0.269 e. The number of hydrogen-bond donors (Lipinski definition) is 2. The van der Waals surface area contributed by atoms with Crippen molar-refractivity contribution in [1.82, 2.24) is 20.7 Å². The fourth-order valence-electron chi connectivity index (χ4n) is 3.48. The second kappa shape index (κ2) is 7.82. The van der Waals surface area contributed by atoms with Gasteiger partial charge in [0.1, 0.15) is 11.3 Å². The highest BCUT2D eigenvalue weighted by Crippen LogP contribution is 2.32. The summed E-state index contributed by atoms with van der Waals surface area (Å²) >= 11 is 0. The molecule has 7 heteroatoms. The van der Waals surface area contributed by atoms with Crippen LogP contribution in [0.15, 0.2) is 66.6 Å². The van der Waals surface area contributed by atoms with Gasteiger partial charge in [0.2, 0.25) is 0 Å². The standard InChI is InChI=1S/C21H22N4O3/c26-19(23-15-16-4-2-1-3-5-16)18-14-21(28-24-18)8-12-25(13-9-21)20(27)17-6-10-22-11-7-17/h1-7,10-11,14,24H,8-9,12-13,15H2,(H,23,26). The van der Waals surface area contributed by atoms with E-state index in [1.807, 2.05) is 41.3 Å². The summed E-state index contributed by atoms with van der Waals surface area (Å²) in [5.41, 5.74) is 4.31. The lowest BCUT2D eigenvalue weighted by Gasteiger charge is -2.36. The summed E-state index contributed by atoms with van der Waals surface area (Å²) in [5, 5.41) is 2.89. The SMILES string of the molecule is O=C(NCc1ccccc1)C1=CC2(CCN(C(=O)c3ccncc3)CC2)ON1. The van der Waals surface area contributed by atoms with Gasteiger partial charge in [-0.15, -0.1) is 0 Å². The fourth-order valence-corrected chi connectivity index (χ4v) is 3.48. The van der Waals surface area contributed by atoms with Crippen molar-refractivity contribution in [2.75, 3.05) is 13.1 Å². The van der Waals surface area contributed by atoms with E-state index in [9.17, 15) is 9.59 Å². The lowest BCUT2D eigenvalue weighted by molar-refractivity contribution is -0.120. The molecule has 28 heavy (non-hydrogen) atoms. The van der Waals surface area contributed by atoms with Crippen LogP contribution in [0, 0.1) is 0 Å². The third-order valence-corrected chi connectivity index (χ3v) is 5.14. The van der Waals surface area contributed by atoms with Crippen LogP contribution in [-0.4, -0.2) is 40.4 Å². The van der Waals surface area contributed by atoms with E-state index in [1.165, 1.54) is 0 Å². The van der Waals surface area contributed by atoms with Crippen LogP contribution in [0.2, 0.25) is 0 Å². The number of hydrogen-bond acceptors (Lipinski definition) is 5. The van der Waals surface area contributed by atoms with Crippen molar-refractivity contribution in [3.05, 3.63) is 77.8 Å². The predicted octanol–water partition coefficient (Wildman–Crippen LogP) is 1.79. The van der Waals surface area contributed by atoms with Gasteiger partial charge in [0, 0.05) is 50.4 Å². The summed E-state index contributed by atoms with van der Waals surface area (Å²) in [6, 6.07) is 13.2. The highest BCUT2D eigenvalue weighted by molar-refractivity contribution is 5.94. The van der Waals surface area contributed by atoms with E-state index in [0.29, 0.717) is 43.7 Å². The molecular weight excluding hydrogens is 356 g/mol. The highest BCUT2D eigenvalue weighted by atomic mass is 16.7. The van der Waals surface area contributed by atoms with Crippen LogP contribution in [0.25, 0.3) is 0 Å². The van der Waals surface area contributed by atoms with Crippen molar-refractivity contribution >= 4 is 11.8 Å². The third-order valence-electron chi connectivity index (χ3n) is 5.14. The minimum absolute atomic E-state index is 0.00647. The second-order valence-electron chi connectivity index (χ2n) is 7.02. The van der Waals surface area contributed by atoms with E-state index in [4.69, 9.17) is 4.84 Å². The Hall–Kier alpha value is -3.19. The van der Waals surface area contributed by atoms with Crippen molar-refractivity contribution in [2.24, 2.45) is 0 Å². The Labute approximate surface area is 163 Å². The van der Waals surface area contributed by atoms with Crippen LogP contribution >= 0.6 is 0 Å². The second-order valence-corrected chi connectivity index (χ2v) is 7.02. The van der Waals surface area contributed by atoms with E-state index >= 15 is 0 Å². The average Bonchev–Trinajstić information content (AvgIpc) is 3.17. The van der Waals surface area contributed by atoms with Gasteiger partial charge in [0.15, 0.2) is 0 Å². The minimum Gasteiger partial charge on any atom is -0.347 e. The van der Waals surface area contributed by atoms with Crippen LogP contribution in [0.1, 0.15) is 28.8 Å². The molecule has 1 fully saturated rings. The number of rotatable bonds is 4. The fraction of sp³-hybridized carbons (Fsp3) is 0.286. The number of likely N-dealkylation sites (tertiary alicyclic amines) is 1. The van der Waals surface area contributed by atoms with Gasteiger partial charge in [0.25, 0.3) is 11.8 Å². The van der Waals surface area contributed by atoms with Crippen LogP contribution in [0.5, 0.6) is 0 Å². The summed E-state index contributed by atoms with van der Waals surface area (Å²) in [5.74, 6) is -0.205. The normalized spacial score (nSPS) is 17.7. The number of pyridine rings is 1. The first-order chi connectivity index (χ1) is 13.7. The molecule has 7 nitrogen and oxygen atoms in total. The average molecular weight is 378 g/mol. The van der Waals surface area contributed by atoms with Crippen LogP contribution in [0.4, 0.5) is 0 Å². The number of carbonyl (C=O) groups excluding carboxylic acids is 2. The molecule has 2 aliphatic heterocycles. The Balaban J connectivity index is 1.33. The molecule has 0 aliphatic carbocycles. The van der Waals surface area contributed by atoms with Gasteiger partial charge in [-0.25, -0.2) is 0 Å². The minimum atomic E-state index is -0.547. The van der Waals surface area contributed by atoms with Gasteiger partial charge in [-0.2, -0.15) is 0 Å². The van der Waals surface area contributed by atoms with Crippen molar-refractivity contribution < 1.29 is 14.4 Å². The van der Waals surface area contributed by atoms with E-state index < -0.39 is 5.60 Å². The zero-order valence-electron chi connectivity index (χ0n) is 15.4.